The number of benzene rings is 2. The minimum absolute atomic E-state index is 0.105. The van der Waals surface area contributed by atoms with Gasteiger partial charge in [0.25, 0.3) is 0 Å². The first-order valence-electron chi connectivity index (χ1n) is 7.46. The summed E-state index contributed by atoms with van der Waals surface area (Å²) in [6.07, 6.45) is -0.105. The monoisotopic (exact) mass is 348 g/mol. The molecule has 0 amide bonds. The fraction of sp³-hybridized carbons (Fsp3) is 0.235. The number of para-hydroxylation sites is 3. The van der Waals surface area contributed by atoms with E-state index in [1.54, 1.807) is 18.2 Å². The Morgan fingerprint density at radius 3 is 2.38 bits per heavy atom. The molecule has 1 aliphatic heterocycles. The molecule has 5 nitrogen and oxygen atoms in total. The molecule has 0 saturated carbocycles. The normalized spacial score (nSPS) is 14.4. The maximum atomic E-state index is 13.5. The number of anilines is 2. The summed E-state index contributed by atoms with van der Waals surface area (Å²) in [7, 11) is 0. The topological polar surface area (TPSA) is 70.6 Å². The summed E-state index contributed by atoms with van der Waals surface area (Å²) in [5.41, 5.74) is 1.72. The first-order valence-corrected chi connectivity index (χ1v) is 8.45. The van der Waals surface area contributed by atoms with Gasteiger partial charge in [0, 0.05) is 5.75 Å². The Morgan fingerprint density at radius 1 is 1.12 bits per heavy atom. The smallest absolute Gasteiger partial charge is 0.308 e. The van der Waals surface area contributed by atoms with Crippen LogP contribution in [0.15, 0.2) is 48.5 Å². The molecule has 0 aliphatic carbocycles. The molecule has 3 rings (SSSR count). The van der Waals surface area contributed by atoms with Gasteiger partial charge in [-0.3, -0.25) is 4.79 Å². The number of aliphatic carboxylic acids is 1. The summed E-state index contributed by atoms with van der Waals surface area (Å²) >= 11 is 1.39. The summed E-state index contributed by atoms with van der Waals surface area (Å²) in [4.78, 5) is 10.4. The number of ether oxygens (including phenoxy) is 1. The Labute approximate surface area is 143 Å². The van der Waals surface area contributed by atoms with Crippen LogP contribution in [0.1, 0.15) is 6.42 Å². The van der Waals surface area contributed by atoms with Crippen molar-refractivity contribution in [2.45, 2.75) is 11.4 Å². The van der Waals surface area contributed by atoms with Crippen molar-refractivity contribution in [3.8, 4) is 5.75 Å². The highest BCUT2D eigenvalue weighted by atomic mass is 32.2. The summed E-state index contributed by atoms with van der Waals surface area (Å²) < 4.78 is 18.9. The Balaban J connectivity index is 1.60. The van der Waals surface area contributed by atoms with Crippen LogP contribution >= 0.6 is 11.8 Å². The summed E-state index contributed by atoms with van der Waals surface area (Å²) in [6.45, 7) is 0.271. The average Bonchev–Trinajstić information content (AvgIpc) is 2.90. The molecule has 0 saturated heterocycles. The maximum absolute atomic E-state index is 13.5. The minimum Gasteiger partial charge on any atom is -0.490 e. The van der Waals surface area contributed by atoms with E-state index in [1.807, 2.05) is 24.3 Å². The largest absolute Gasteiger partial charge is 0.490 e. The van der Waals surface area contributed by atoms with Crippen LogP contribution < -0.4 is 15.4 Å². The number of hydrogen-bond donors (Lipinski definition) is 3. The van der Waals surface area contributed by atoms with E-state index in [0.29, 0.717) is 5.75 Å². The Morgan fingerprint density at radius 2 is 1.75 bits per heavy atom. The number of rotatable bonds is 7. The second-order valence-corrected chi connectivity index (χ2v) is 6.71. The van der Waals surface area contributed by atoms with Crippen LogP contribution in [0.25, 0.3) is 0 Å². The number of carbonyl (C=O) groups is 1. The van der Waals surface area contributed by atoms with Crippen molar-refractivity contribution in [3.05, 3.63) is 54.3 Å². The first-order chi connectivity index (χ1) is 11.6. The summed E-state index contributed by atoms with van der Waals surface area (Å²) in [6, 6.07) is 13.8. The van der Waals surface area contributed by atoms with Gasteiger partial charge in [-0.05, 0) is 24.3 Å². The quantitative estimate of drug-likeness (QED) is 0.664. The molecule has 24 heavy (non-hydrogen) atoms. The summed E-state index contributed by atoms with van der Waals surface area (Å²) in [5, 5.41) is 15.7. The fourth-order valence-corrected chi connectivity index (χ4v) is 3.63. The third-order valence-electron chi connectivity index (χ3n) is 3.53. The predicted molar refractivity (Wildman–Crippen MR) is 93.0 cm³/mol. The zero-order chi connectivity index (χ0) is 17.0. The van der Waals surface area contributed by atoms with Crippen molar-refractivity contribution in [1.29, 1.82) is 0 Å². The lowest BCUT2D eigenvalue weighted by Crippen LogP contribution is -2.41. The van der Waals surface area contributed by atoms with Crippen LogP contribution in [0.2, 0.25) is 0 Å². The molecule has 1 aliphatic rings. The van der Waals surface area contributed by atoms with Gasteiger partial charge in [-0.1, -0.05) is 24.3 Å². The minimum atomic E-state index is -0.912. The molecule has 1 heterocycles. The van der Waals surface area contributed by atoms with Crippen LogP contribution in [0.4, 0.5) is 15.8 Å². The molecule has 0 bridgehead atoms. The third-order valence-corrected chi connectivity index (χ3v) is 4.74. The highest BCUT2D eigenvalue weighted by Crippen LogP contribution is 2.41. The Bertz CT molecular complexity index is 716. The lowest BCUT2D eigenvalue weighted by Gasteiger charge is -2.28. The van der Waals surface area contributed by atoms with Crippen LogP contribution in [-0.2, 0) is 4.79 Å². The van der Waals surface area contributed by atoms with E-state index in [4.69, 9.17) is 4.74 Å². The zero-order valence-corrected chi connectivity index (χ0v) is 13.6. The molecule has 0 aromatic heterocycles. The fourth-order valence-electron chi connectivity index (χ4n) is 2.52. The van der Waals surface area contributed by atoms with Gasteiger partial charge >= 0.3 is 5.97 Å². The highest BCUT2D eigenvalue weighted by molar-refractivity contribution is 8.00. The van der Waals surface area contributed by atoms with E-state index >= 15 is 0 Å². The van der Waals surface area contributed by atoms with E-state index < -0.39 is 16.8 Å². The number of hydrogen-bond acceptors (Lipinski definition) is 5. The van der Waals surface area contributed by atoms with Gasteiger partial charge in [0.05, 0.1) is 24.4 Å². The average molecular weight is 348 g/mol. The molecule has 126 valence electrons. The van der Waals surface area contributed by atoms with E-state index in [-0.39, 0.29) is 18.8 Å². The van der Waals surface area contributed by atoms with Gasteiger partial charge < -0.3 is 20.5 Å². The lowest BCUT2D eigenvalue weighted by atomic mass is 10.3. The number of thioether (sulfide) groups is 1. The predicted octanol–water partition coefficient (Wildman–Crippen LogP) is 3.60. The van der Waals surface area contributed by atoms with Gasteiger partial charge in [0.1, 0.15) is 0 Å². The van der Waals surface area contributed by atoms with Crippen LogP contribution in [0, 0.1) is 5.82 Å². The Hall–Kier alpha value is -2.41. The molecule has 0 spiro atoms. The van der Waals surface area contributed by atoms with Crippen molar-refractivity contribution in [2.75, 3.05) is 23.0 Å². The molecular weight excluding hydrogens is 331 g/mol. The zero-order valence-electron chi connectivity index (χ0n) is 12.8. The van der Waals surface area contributed by atoms with Crippen LogP contribution in [0.5, 0.6) is 5.75 Å². The molecule has 3 N–H and O–H groups in total. The summed E-state index contributed by atoms with van der Waals surface area (Å²) in [5.74, 6) is -0.631. The molecule has 2 aromatic carbocycles. The molecule has 0 fully saturated rings. The Kier molecular flexibility index (Phi) is 4.80. The molecule has 7 heteroatoms. The van der Waals surface area contributed by atoms with Gasteiger partial charge in [-0.25, -0.2) is 4.39 Å². The lowest BCUT2D eigenvalue weighted by molar-refractivity contribution is -0.137. The van der Waals surface area contributed by atoms with Crippen molar-refractivity contribution >= 4 is 29.1 Å². The number of fused-ring (bicyclic) bond motifs is 1. The van der Waals surface area contributed by atoms with Gasteiger partial charge in [0.15, 0.2) is 16.6 Å². The maximum Gasteiger partial charge on any atom is 0.308 e. The number of halogens is 1. The second kappa shape index (κ2) is 7.00. The van der Waals surface area contributed by atoms with E-state index in [2.05, 4.69) is 10.6 Å². The molecule has 0 atom stereocenters. The van der Waals surface area contributed by atoms with Crippen molar-refractivity contribution in [3.63, 3.8) is 0 Å². The van der Waals surface area contributed by atoms with Crippen molar-refractivity contribution < 1.29 is 19.0 Å². The number of carboxylic acid groups (broad SMARTS) is 1. The molecule has 0 unspecified atom stereocenters. The third kappa shape index (κ3) is 3.73. The van der Waals surface area contributed by atoms with Crippen LogP contribution in [-0.4, -0.2) is 28.4 Å². The first kappa shape index (κ1) is 16.4. The number of carboxylic acids is 1. The molecule has 2 aromatic rings. The van der Waals surface area contributed by atoms with Crippen molar-refractivity contribution in [2.24, 2.45) is 0 Å². The van der Waals surface area contributed by atoms with Crippen LogP contribution in [0.3, 0.4) is 0 Å². The second-order valence-electron chi connectivity index (χ2n) is 5.32. The van der Waals surface area contributed by atoms with E-state index in [9.17, 15) is 14.3 Å². The van der Waals surface area contributed by atoms with E-state index in [1.165, 1.54) is 17.8 Å². The van der Waals surface area contributed by atoms with E-state index in [0.717, 1.165) is 11.4 Å². The van der Waals surface area contributed by atoms with Gasteiger partial charge in [0.2, 0.25) is 0 Å². The SMILES string of the molecule is O=C(O)CC1(SCCOc2ccccc2F)Nc2ccccc2N1. The molecular formula is C17H17FN2O3S. The highest BCUT2D eigenvalue weighted by Gasteiger charge is 2.38. The van der Waals surface area contributed by atoms with Gasteiger partial charge in [-0.15, -0.1) is 11.8 Å². The van der Waals surface area contributed by atoms with Gasteiger partial charge in [-0.2, -0.15) is 0 Å². The molecule has 0 radical (unpaired) electrons. The van der Waals surface area contributed by atoms with Crippen molar-refractivity contribution in [1.82, 2.24) is 0 Å². The number of nitrogens with one attached hydrogen (secondary N) is 2. The standard InChI is InChI=1S/C17H17FN2O3S/c18-12-5-1-4-8-15(12)23-9-10-24-17(11-16(21)22)19-13-6-2-3-7-14(13)20-17/h1-8,19-20H,9-11H2,(H,21,22).